The molecular formula is C19H16BrN3O2S. The zero-order valence-corrected chi connectivity index (χ0v) is 16.2. The van der Waals surface area contributed by atoms with Gasteiger partial charge in [-0.2, -0.15) is 5.26 Å². The van der Waals surface area contributed by atoms with Crippen LogP contribution in [0.15, 0.2) is 53.9 Å². The van der Waals surface area contributed by atoms with Crippen LogP contribution in [-0.4, -0.2) is 24.2 Å². The van der Waals surface area contributed by atoms with Gasteiger partial charge in [-0.15, -0.1) is 28.3 Å². The van der Waals surface area contributed by atoms with E-state index in [-0.39, 0.29) is 23.1 Å². The summed E-state index contributed by atoms with van der Waals surface area (Å²) in [6.45, 7) is 1.12. The van der Waals surface area contributed by atoms with Crippen LogP contribution in [-0.2, 0) is 0 Å². The van der Waals surface area contributed by atoms with E-state index in [2.05, 4.69) is 16.4 Å². The molecule has 132 valence electrons. The standard InChI is InChI=1S/C19H15N3O2S.BrH/c20-9-13-4-3-5-14(8-13)16-12-25-19(22-16)21-10-15-11-23-17-6-1-2-7-18(17)24-15;/h1-8,12,15H,10-11H2,(H,21,22);1H. The Balaban J connectivity index is 0.00000196. The third-order valence-electron chi connectivity index (χ3n) is 3.84. The molecule has 0 aliphatic carbocycles. The monoisotopic (exact) mass is 429 g/mol. The van der Waals surface area contributed by atoms with Crippen molar-refractivity contribution in [2.75, 3.05) is 18.5 Å². The Hall–Kier alpha value is -2.56. The van der Waals surface area contributed by atoms with Crippen molar-refractivity contribution in [3.05, 3.63) is 59.5 Å². The molecule has 0 radical (unpaired) electrons. The number of rotatable bonds is 4. The summed E-state index contributed by atoms with van der Waals surface area (Å²) >= 11 is 1.53. The molecule has 0 saturated carbocycles. The van der Waals surface area contributed by atoms with Crippen molar-refractivity contribution in [2.45, 2.75) is 6.10 Å². The Labute approximate surface area is 166 Å². The maximum Gasteiger partial charge on any atom is 0.183 e. The fourth-order valence-electron chi connectivity index (χ4n) is 2.60. The predicted octanol–water partition coefficient (Wildman–Crippen LogP) is 4.51. The molecule has 3 aromatic rings. The molecule has 0 fully saturated rings. The zero-order valence-electron chi connectivity index (χ0n) is 13.7. The van der Waals surface area contributed by atoms with Gasteiger partial charge in [-0.3, -0.25) is 0 Å². The van der Waals surface area contributed by atoms with Crippen molar-refractivity contribution >= 4 is 33.4 Å². The van der Waals surface area contributed by atoms with Gasteiger partial charge in [0.2, 0.25) is 0 Å². The first-order valence-corrected chi connectivity index (χ1v) is 8.78. The Morgan fingerprint density at radius 1 is 1.19 bits per heavy atom. The summed E-state index contributed by atoms with van der Waals surface area (Å²) in [5, 5.41) is 15.1. The number of para-hydroxylation sites is 2. The number of nitrogens with zero attached hydrogens (tertiary/aromatic N) is 2. The lowest BCUT2D eigenvalue weighted by Crippen LogP contribution is -2.35. The van der Waals surface area contributed by atoms with Crippen LogP contribution in [0, 0.1) is 11.3 Å². The van der Waals surface area contributed by atoms with Crippen molar-refractivity contribution < 1.29 is 9.47 Å². The highest BCUT2D eigenvalue weighted by Gasteiger charge is 2.20. The van der Waals surface area contributed by atoms with Crippen LogP contribution in [0.5, 0.6) is 11.5 Å². The first kappa shape index (κ1) is 18.2. The molecule has 1 aliphatic rings. The third-order valence-corrected chi connectivity index (χ3v) is 4.64. The minimum absolute atomic E-state index is 0. The van der Waals surface area contributed by atoms with Crippen LogP contribution >= 0.6 is 28.3 Å². The van der Waals surface area contributed by atoms with E-state index in [9.17, 15) is 0 Å². The molecule has 1 atom stereocenters. The van der Waals surface area contributed by atoms with Crippen molar-refractivity contribution in [3.63, 3.8) is 0 Å². The van der Waals surface area contributed by atoms with E-state index >= 15 is 0 Å². The Morgan fingerprint density at radius 3 is 2.88 bits per heavy atom. The lowest BCUT2D eigenvalue weighted by molar-refractivity contribution is 0.0997. The molecule has 1 aromatic heterocycles. The van der Waals surface area contributed by atoms with Gasteiger partial charge < -0.3 is 14.8 Å². The van der Waals surface area contributed by atoms with E-state index in [0.717, 1.165) is 27.9 Å². The minimum atomic E-state index is -0.0656. The number of halogens is 1. The Kier molecular flexibility index (Phi) is 5.76. The molecule has 5 nitrogen and oxygen atoms in total. The summed E-state index contributed by atoms with van der Waals surface area (Å²) in [6, 6.07) is 17.3. The highest BCUT2D eigenvalue weighted by atomic mass is 79.9. The van der Waals surface area contributed by atoms with Gasteiger partial charge in [-0.1, -0.05) is 24.3 Å². The van der Waals surface area contributed by atoms with Gasteiger partial charge in [0.05, 0.1) is 23.9 Å². The number of thiazole rings is 1. The summed E-state index contributed by atoms with van der Waals surface area (Å²) in [4.78, 5) is 4.59. The molecule has 1 N–H and O–H groups in total. The van der Waals surface area contributed by atoms with Crippen LogP contribution in [0.4, 0.5) is 5.13 Å². The first-order chi connectivity index (χ1) is 12.3. The fourth-order valence-corrected chi connectivity index (χ4v) is 3.33. The molecule has 0 bridgehead atoms. The first-order valence-electron chi connectivity index (χ1n) is 7.90. The van der Waals surface area contributed by atoms with E-state index in [0.29, 0.717) is 18.7 Å². The van der Waals surface area contributed by atoms with E-state index in [1.165, 1.54) is 11.3 Å². The average molecular weight is 430 g/mol. The molecule has 2 aromatic carbocycles. The number of aromatic nitrogens is 1. The molecule has 26 heavy (non-hydrogen) atoms. The smallest absolute Gasteiger partial charge is 0.183 e. The fraction of sp³-hybridized carbons (Fsp3) is 0.158. The number of hydrogen-bond acceptors (Lipinski definition) is 6. The second-order valence-corrected chi connectivity index (χ2v) is 6.47. The van der Waals surface area contributed by atoms with Crippen molar-refractivity contribution in [1.29, 1.82) is 5.26 Å². The quantitative estimate of drug-likeness (QED) is 0.660. The molecule has 2 heterocycles. The summed E-state index contributed by atoms with van der Waals surface area (Å²) in [6.07, 6.45) is -0.0656. The highest BCUT2D eigenvalue weighted by Crippen LogP contribution is 2.31. The third kappa shape index (κ3) is 3.98. The van der Waals surface area contributed by atoms with Gasteiger partial charge in [-0.05, 0) is 24.3 Å². The number of benzene rings is 2. The van der Waals surface area contributed by atoms with Crippen LogP contribution in [0.1, 0.15) is 5.56 Å². The van der Waals surface area contributed by atoms with Crippen LogP contribution < -0.4 is 14.8 Å². The van der Waals surface area contributed by atoms with Gasteiger partial charge in [0, 0.05) is 10.9 Å². The van der Waals surface area contributed by atoms with Gasteiger partial charge in [0.25, 0.3) is 0 Å². The minimum Gasteiger partial charge on any atom is -0.486 e. The van der Waals surface area contributed by atoms with E-state index in [4.69, 9.17) is 14.7 Å². The molecular weight excluding hydrogens is 414 g/mol. The maximum atomic E-state index is 9.01. The van der Waals surface area contributed by atoms with Gasteiger partial charge in [-0.25, -0.2) is 4.98 Å². The van der Waals surface area contributed by atoms with Crippen LogP contribution in [0.3, 0.4) is 0 Å². The van der Waals surface area contributed by atoms with E-state index in [1.807, 2.05) is 47.8 Å². The summed E-state index contributed by atoms with van der Waals surface area (Å²) < 4.78 is 11.6. The lowest BCUT2D eigenvalue weighted by Gasteiger charge is -2.26. The Morgan fingerprint density at radius 2 is 2.04 bits per heavy atom. The lowest BCUT2D eigenvalue weighted by atomic mass is 10.1. The number of nitriles is 1. The number of ether oxygens (including phenoxy) is 2. The molecule has 4 rings (SSSR count). The zero-order chi connectivity index (χ0) is 17.1. The van der Waals surface area contributed by atoms with Crippen molar-refractivity contribution in [3.8, 4) is 28.8 Å². The van der Waals surface area contributed by atoms with Crippen LogP contribution in [0.2, 0.25) is 0 Å². The summed E-state index contributed by atoms with van der Waals surface area (Å²) in [5.74, 6) is 1.56. The van der Waals surface area contributed by atoms with Crippen LogP contribution in [0.25, 0.3) is 11.3 Å². The maximum absolute atomic E-state index is 9.01. The van der Waals surface area contributed by atoms with Crippen molar-refractivity contribution in [1.82, 2.24) is 4.98 Å². The number of nitrogens with one attached hydrogen (secondary N) is 1. The Bertz CT molecular complexity index is 938. The molecule has 0 spiro atoms. The average Bonchev–Trinajstić information content (AvgIpc) is 3.15. The second kappa shape index (κ2) is 8.21. The largest absolute Gasteiger partial charge is 0.486 e. The van der Waals surface area contributed by atoms with Gasteiger partial charge >= 0.3 is 0 Å². The normalized spacial score (nSPS) is 14.8. The molecule has 0 saturated heterocycles. The SMILES string of the molecule is Br.N#Cc1cccc(-c2csc(NCC3COc4ccccc4O3)n2)c1. The molecule has 1 aliphatic heterocycles. The topological polar surface area (TPSA) is 67.2 Å². The number of anilines is 1. The second-order valence-electron chi connectivity index (χ2n) is 5.61. The van der Waals surface area contributed by atoms with E-state index in [1.54, 1.807) is 6.07 Å². The number of fused-ring (bicyclic) bond motifs is 1. The summed E-state index contributed by atoms with van der Waals surface area (Å²) in [5.41, 5.74) is 2.43. The van der Waals surface area contributed by atoms with Gasteiger partial charge in [0.1, 0.15) is 12.7 Å². The van der Waals surface area contributed by atoms with Crippen molar-refractivity contribution in [2.24, 2.45) is 0 Å². The van der Waals surface area contributed by atoms with E-state index < -0.39 is 0 Å². The summed E-state index contributed by atoms with van der Waals surface area (Å²) in [7, 11) is 0. The van der Waals surface area contributed by atoms with Gasteiger partial charge in [0.15, 0.2) is 16.6 Å². The molecule has 0 amide bonds. The molecule has 1 unspecified atom stereocenters. The molecule has 7 heteroatoms. The number of hydrogen-bond donors (Lipinski definition) is 1. The predicted molar refractivity (Wildman–Crippen MR) is 107 cm³/mol. The highest BCUT2D eigenvalue weighted by molar-refractivity contribution is 8.93.